The lowest BCUT2D eigenvalue weighted by atomic mass is 10.0. The van der Waals surface area contributed by atoms with E-state index in [0.29, 0.717) is 40.8 Å². The third kappa shape index (κ3) is 8.92. The molecule has 0 saturated heterocycles. The predicted molar refractivity (Wildman–Crippen MR) is 158 cm³/mol. The molecule has 10 nitrogen and oxygen atoms in total. The van der Waals surface area contributed by atoms with Crippen LogP contribution >= 0.6 is 0 Å². The number of hydrogen-bond donors (Lipinski definition) is 5. The van der Waals surface area contributed by atoms with Crippen LogP contribution in [0.25, 0.3) is 10.9 Å². The molecule has 43 heavy (non-hydrogen) atoms. The van der Waals surface area contributed by atoms with Crippen molar-refractivity contribution in [2.75, 3.05) is 29.2 Å². The van der Waals surface area contributed by atoms with Gasteiger partial charge in [0.05, 0.1) is 6.10 Å². The minimum Gasteiger partial charge on any atom is -0.477 e. The van der Waals surface area contributed by atoms with Crippen LogP contribution in [0.2, 0.25) is 0 Å². The van der Waals surface area contributed by atoms with E-state index in [1.807, 2.05) is 25.1 Å². The van der Waals surface area contributed by atoms with E-state index in [1.54, 1.807) is 41.0 Å². The first-order chi connectivity index (χ1) is 20.2. The van der Waals surface area contributed by atoms with Gasteiger partial charge in [0.25, 0.3) is 0 Å². The molecule has 0 aliphatic heterocycles. The molecule has 2 aromatic carbocycles. The summed E-state index contributed by atoms with van der Waals surface area (Å²) in [5, 5.41) is 26.8. The van der Waals surface area contributed by atoms with Gasteiger partial charge >= 0.3 is 12.1 Å². The summed E-state index contributed by atoms with van der Waals surface area (Å²) >= 11 is 0. The van der Waals surface area contributed by atoms with Gasteiger partial charge < -0.3 is 31.1 Å². The second-order valence-electron chi connectivity index (χ2n) is 10.4. The molecule has 0 amide bonds. The number of aliphatic hydroxyl groups excluding tert-OH is 1. The molecule has 0 bridgehead atoms. The number of benzene rings is 2. The Labute approximate surface area is 246 Å². The molecule has 0 radical (unpaired) electrons. The molecule has 2 heterocycles. The topological polar surface area (TPSA) is 160 Å². The Balaban J connectivity index is 1.45. The van der Waals surface area contributed by atoms with Gasteiger partial charge in [-0.3, -0.25) is 0 Å². The van der Waals surface area contributed by atoms with Crippen molar-refractivity contribution >= 4 is 38.2 Å². The molecule has 6 N–H and O–H groups in total. The summed E-state index contributed by atoms with van der Waals surface area (Å²) < 4.78 is 62.8. The van der Waals surface area contributed by atoms with Gasteiger partial charge in [-0.25, -0.2) is 18.2 Å². The summed E-state index contributed by atoms with van der Waals surface area (Å²) in [7, 11) is -4.42. The highest BCUT2D eigenvalue weighted by Crippen LogP contribution is 2.25. The lowest BCUT2D eigenvalue weighted by Gasteiger charge is -2.17. The zero-order valence-corrected chi connectivity index (χ0v) is 24.0. The fourth-order valence-electron chi connectivity index (χ4n) is 4.72. The van der Waals surface area contributed by atoms with Crippen molar-refractivity contribution in [3.63, 3.8) is 0 Å². The summed E-state index contributed by atoms with van der Waals surface area (Å²) in [6.07, 6.45) is -3.46. The molecule has 230 valence electrons. The predicted octanol–water partition coefficient (Wildman–Crippen LogP) is 3.97. The highest BCUT2D eigenvalue weighted by molar-refractivity contribution is 7.91. The number of carboxylic acids is 1. The lowest BCUT2D eigenvalue weighted by Crippen LogP contribution is -2.32. The van der Waals surface area contributed by atoms with E-state index in [0.717, 1.165) is 5.56 Å². The molecule has 2 unspecified atom stereocenters. The van der Waals surface area contributed by atoms with Crippen LogP contribution in [0.3, 0.4) is 0 Å². The Morgan fingerprint density at radius 2 is 1.86 bits per heavy atom. The number of rotatable bonds is 13. The SMILES string of the molecule is CC(Cc1ccc2c(c1)cc(C(=O)O)n2Cc1cccc(NCS(=O)(=O)CC(F)(F)F)c1)NCC(O)c1ccc(N)nc1. The van der Waals surface area contributed by atoms with Crippen LogP contribution in [0, 0.1) is 0 Å². The van der Waals surface area contributed by atoms with Gasteiger partial charge in [-0.05, 0) is 60.9 Å². The highest BCUT2D eigenvalue weighted by Gasteiger charge is 2.34. The molecule has 0 aliphatic carbocycles. The number of sulfone groups is 1. The highest BCUT2D eigenvalue weighted by atomic mass is 32.2. The van der Waals surface area contributed by atoms with E-state index >= 15 is 0 Å². The van der Waals surface area contributed by atoms with Gasteiger partial charge in [0.1, 0.15) is 23.1 Å². The zero-order chi connectivity index (χ0) is 31.4. The Kier molecular flexibility index (Phi) is 9.62. The number of nitrogens with one attached hydrogen (secondary N) is 2. The average Bonchev–Trinajstić information content (AvgIpc) is 3.28. The average molecular weight is 620 g/mol. The molecule has 0 aliphatic rings. The van der Waals surface area contributed by atoms with Crippen LogP contribution in [0.1, 0.15) is 40.2 Å². The van der Waals surface area contributed by atoms with E-state index in [4.69, 9.17) is 5.73 Å². The van der Waals surface area contributed by atoms with Gasteiger partial charge in [0, 0.05) is 47.5 Å². The van der Waals surface area contributed by atoms with Gasteiger partial charge in [-0.15, -0.1) is 0 Å². The maximum atomic E-state index is 12.5. The summed E-state index contributed by atoms with van der Waals surface area (Å²) in [6, 6.07) is 16.9. The molecule has 2 aromatic heterocycles. The number of halogens is 3. The third-order valence-electron chi connectivity index (χ3n) is 6.73. The zero-order valence-electron chi connectivity index (χ0n) is 23.2. The van der Waals surface area contributed by atoms with Crippen LogP contribution in [-0.4, -0.2) is 64.5 Å². The van der Waals surface area contributed by atoms with Crippen LogP contribution in [-0.2, 0) is 22.8 Å². The molecule has 14 heteroatoms. The maximum absolute atomic E-state index is 12.5. The van der Waals surface area contributed by atoms with Crippen LogP contribution in [0.15, 0.2) is 66.9 Å². The van der Waals surface area contributed by atoms with Crippen molar-refractivity contribution in [3.05, 3.63) is 89.2 Å². The molecule has 0 fully saturated rings. The largest absolute Gasteiger partial charge is 0.477 e. The summed E-state index contributed by atoms with van der Waals surface area (Å²) in [5.41, 5.74) is 8.81. The van der Waals surface area contributed by atoms with E-state index < -0.39 is 39.7 Å². The van der Waals surface area contributed by atoms with Crippen molar-refractivity contribution in [1.82, 2.24) is 14.9 Å². The number of nitrogens with two attached hydrogens (primary N) is 1. The fraction of sp³-hybridized carbons (Fsp3) is 0.310. The number of carboxylic acid groups (broad SMARTS) is 1. The Morgan fingerprint density at radius 1 is 1.09 bits per heavy atom. The molecular weight excluding hydrogens is 587 g/mol. The number of nitrogen functional groups attached to an aromatic ring is 1. The maximum Gasteiger partial charge on any atom is 0.402 e. The number of nitrogens with zero attached hydrogens (tertiary/aromatic N) is 2. The van der Waals surface area contributed by atoms with E-state index in [9.17, 15) is 36.6 Å². The van der Waals surface area contributed by atoms with Crippen LogP contribution in [0.5, 0.6) is 0 Å². The monoisotopic (exact) mass is 619 g/mol. The van der Waals surface area contributed by atoms with Gasteiger partial charge in [0.15, 0.2) is 9.84 Å². The Bertz CT molecular complexity index is 1690. The summed E-state index contributed by atoms with van der Waals surface area (Å²) in [6.45, 7) is 2.41. The second-order valence-corrected chi connectivity index (χ2v) is 12.4. The molecule has 4 aromatic rings. The van der Waals surface area contributed by atoms with Crippen molar-refractivity contribution in [1.29, 1.82) is 0 Å². The Hall–Kier alpha value is -4.14. The second kappa shape index (κ2) is 13.0. The van der Waals surface area contributed by atoms with Gasteiger partial charge in [-0.1, -0.05) is 24.3 Å². The number of aliphatic hydroxyl groups is 1. The minimum absolute atomic E-state index is 0.00921. The van der Waals surface area contributed by atoms with E-state index in [-0.39, 0.29) is 24.0 Å². The van der Waals surface area contributed by atoms with E-state index in [1.165, 1.54) is 12.3 Å². The first kappa shape index (κ1) is 31.8. The van der Waals surface area contributed by atoms with Crippen molar-refractivity contribution in [2.24, 2.45) is 0 Å². The Morgan fingerprint density at radius 3 is 2.53 bits per heavy atom. The van der Waals surface area contributed by atoms with Crippen LogP contribution < -0.4 is 16.4 Å². The lowest BCUT2D eigenvalue weighted by molar-refractivity contribution is -0.106. The smallest absolute Gasteiger partial charge is 0.402 e. The molecule has 4 rings (SSSR count). The number of aromatic nitrogens is 2. The number of anilines is 2. The number of aromatic carboxylic acids is 1. The minimum atomic E-state index is -4.84. The third-order valence-corrected chi connectivity index (χ3v) is 8.08. The number of alkyl halides is 3. The number of carbonyl (C=O) groups is 1. The number of hydrogen-bond acceptors (Lipinski definition) is 8. The first-order valence-corrected chi connectivity index (χ1v) is 15.1. The van der Waals surface area contributed by atoms with Crippen molar-refractivity contribution in [3.8, 4) is 0 Å². The van der Waals surface area contributed by atoms with Crippen molar-refractivity contribution in [2.45, 2.75) is 38.2 Å². The summed E-state index contributed by atoms with van der Waals surface area (Å²) in [5.74, 6) is -3.58. The molecular formula is C29H32F3N5O5S. The number of fused-ring (bicyclic) bond motifs is 1. The van der Waals surface area contributed by atoms with Gasteiger partial charge in [0.2, 0.25) is 0 Å². The first-order valence-electron chi connectivity index (χ1n) is 13.3. The van der Waals surface area contributed by atoms with E-state index in [2.05, 4.69) is 15.6 Å². The number of pyridine rings is 1. The summed E-state index contributed by atoms with van der Waals surface area (Å²) in [4.78, 5) is 16.1. The van der Waals surface area contributed by atoms with Crippen LogP contribution in [0.4, 0.5) is 24.7 Å². The molecule has 2 atom stereocenters. The molecule has 0 saturated carbocycles. The van der Waals surface area contributed by atoms with Gasteiger partial charge in [-0.2, -0.15) is 13.2 Å². The quantitative estimate of drug-likeness (QED) is 0.149. The fourth-order valence-corrected chi connectivity index (χ4v) is 5.71. The normalized spacial score (nSPS) is 13.6. The van der Waals surface area contributed by atoms with Crippen molar-refractivity contribution < 1.29 is 36.6 Å². The molecule has 0 spiro atoms. The standard InChI is InChI=1S/C29H32F3N5O5S/c1-18(34-14-26(38)21-6-8-27(33)35-13-21)9-19-5-7-24-22(10-19)12-25(28(39)40)37(24)15-20-3-2-4-23(11-20)36-17-43(41,42)16-29(30,31)32/h2-8,10-13,18,26,34,36,38H,9,14-17H2,1H3,(H2,33,35)(H,39,40).